The molecular weight excluding hydrogens is 582 g/mol. The Labute approximate surface area is 266 Å². The van der Waals surface area contributed by atoms with Crippen molar-refractivity contribution in [3.63, 3.8) is 0 Å². The van der Waals surface area contributed by atoms with Crippen molar-refractivity contribution < 1.29 is 28.2 Å². The molecule has 0 amide bonds. The summed E-state index contributed by atoms with van der Waals surface area (Å²) in [6, 6.07) is 19.1. The zero-order chi connectivity index (χ0) is 31.8. The molecular formula is C37H37N3O6. The number of rotatable bonds is 9. The number of fused-ring (bicyclic) bond motifs is 4. The van der Waals surface area contributed by atoms with Crippen LogP contribution in [0.4, 0.5) is 0 Å². The number of furan rings is 2. The van der Waals surface area contributed by atoms with E-state index < -0.39 is 5.97 Å². The van der Waals surface area contributed by atoms with Gasteiger partial charge in [0.2, 0.25) is 0 Å². The van der Waals surface area contributed by atoms with E-state index >= 15 is 0 Å². The van der Waals surface area contributed by atoms with Crippen LogP contribution in [0.15, 0.2) is 81.9 Å². The van der Waals surface area contributed by atoms with E-state index in [1.165, 1.54) is 0 Å². The number of likely N-dealkylation sites (N-methyl/N-ethyl adjacent to an activating group) is 1. The third-order valence-corrected chi connectivity index (χ3v) is 8.87. The molecule has 3 aromatic carbocycles. The Morgan fingerprint density at radius 2 is 1.78 bits per heavy atom. The van der Waals surface area contributed by atoms with Crippen molar-refractivity contribution in [3.8, 4) is 11.5 Å². The minimum atomic E-state index is -0.483. The van der Waals surface area contributed by atoms with E-state index in [1.54, 1.807) is 26.2 Å². The number of esters is 1. The molecule has 0 bridgehead atoms. The number of carbonyl (C=O) groups is 1. The number of benzene rings is 3. The average Bonchev–Trinajstić information content (AvgIpc) is 3.64. The van der Waals surface area contributed by atoms with Gasteiger partial charge in [-0.25, -0.2) is 4.79 Å². The van der Waals surface area contributed by atoms with Gasteiger partial charge in [-0.3, -0.25) is 9.88 Å². The number of ether oxygens (including phenoxy) is 2. The largest absolute Gasteiger partial charge is 0.507 e. The van der Waals surface area contributed by atoms with Crippen LogP contribution in [0.2, 0.25) is 0 Å². The molecule has 9 nitrogen and oxygen atoms in total. The number of hydrogen-bond donors (Lipinski definition) is 1. The Balaban J connectivity index is 1.35. The fourth-order valence-electron chi connectivity index (χ4n) is 6.59. The van der Waals surface area contributed by atoms with Gasteiger partial charge in [-0.1, -0.05) is 18.2 Å². The lowest BCUT2D eigenvalue weighted by Gasteiger charge is -2.39. The van der Waals surface area contributed by atoms with Crippen molar-refractivity contribution in [2.24, 2.45) is 0 Å². The lowest BCUT2D eigenvalue weighted by atomic mass is 9.89. The number of phenolic OH excluding ortho intramolecular Hbond substituents is 1. The molecule has 4 heterocycles. The van der Waals surface area contributed by atoms with Gasteiger partial charge in [0.1, 0.15) is 39.7 Å². The molecule has 6 aromatic rings. The maximum absolute atomic E-state index is 13.5. The fourth-order valence-corrected chi connectivity index (χ4v) is 6.59. The van der Waals surface area contributed by atoms with E-state index in [2.05, 4.69) is 21.8 Å². The second kappa shape index (κ2) is 12.5. The molecule has 0 radical (unpaired) electrons. The van der Waals surface area contributed by atoms with E-state index in [9.17, 15) is 9.90 Å². The van der Waals surface area contributed by atoms with Crippen LogP contribution in [-0.4, -0.2) is 72.3 Å². The van der Waals surface area contributed by atoms with Gasteiger partial charge in [0, 0.05) is 72.1 Å². The number of hydrogen-bond acceptors (Lipinski definition) is 9. The Kier molecular flexibility index (Phi) is 8.11. The maximum atomic E-state index is 13.5. The molecule has 1 fully saturated rings. The first-order valence-corrected chi connectivity index (χ1v) is 15.7. The highest BCUT2D eigenvalue weighted by Gasteiger charge is 2.35. The van der Waals surface area contributed by atoms with Crippen LogP contribution >= 0.6 is 0 Å². The monoisotopic (exact) mass is 619 g/mol. The number of aromatic nitrogens is 1. The van der Waals surface area contributed by atoms with Gasteiger partial charge in [-0.15, -0.1) is 0 Å². The number of aryl methyl sites for hydroxylation is 1. The van der Waals surface area contributed by atoms with Gasteiger partial charge in [0.05, 0.1) is 19.3 Å². The molecule has 1 saturated heterocycles. The molecule has 1 aliphatic rings. The van der Waals surface area contributed by atoms with Crippen LogP contribution < -0.4 is 4.74 Å². The molecule has 7 rings (SSSR count). The van der Waals surface area contributed by atoms with Gasteiger partial charge in [-0.2, -0.15) is 0 Å². The molecule has 46 heavy (non-hydrogen) atoms. The number of pyridine rings is 1. The van der Waals surface area contributed by atoms with Crippen molar-refractivity contribution in [2.75, 3.05) is 46.4 Å². The zero-order valence-corrected chi connectivity index (χ0v) is 26.3. The van der Waals surface area contributed by atoms with Gasteiger partial charge in [0.25, 0.3) is 0 Å². The highest BCUT2D eigenvalue weighted by Crippen LogP contribution is 2.48. The Bertz CT molecular complexity index is 1990. The topological polar surface area (TPSA) is 101 Å². The predicted molar refractivity (Wildman–Crippen MR) is 177 cm³/mol. The Hall–Kier alpha value is -4.86. The second-order valence-electron chi connectivity index (χ2n) is 11.8. The number of aromatic hydroxyl groups is 1. The normalized spacial score (nSPS) is 15.1. The van der Waals surface area contributed by atoms with Crippen molar-refractivity contribution in [1.29, 1.82) is 0 Å². The van der Waals surface area contributed by atoms with Crippen molar-refractivity contribution in [1.82, 2.24) is 14.8 Å². The molecule has 3 aromatic heterocycles. The van der Waals surface area contributed by atoms with Crippen LogP contribution in [0.25, 0.3) is 32.7 Å². The standard InChI is InChI=1S/C37H37N3O6/c1-4-43-37(42)31-23(2)45-36-29-22-26(44-20-13-27-21-25-7-5-6-8-30(25)46-27)9-10-28(29)35(41)33(32(31)36)34(24-11-14-38-15-12-24)40-18-16-39(3)17-19-40/h5-12,14-15,21-22,34,41H,4,13,16-20H2,1-3H3. The number of phenols is 1. The first-order valence-electron chi connectivity index (χ1n) is 15.7. The lowest BCUT2D eigenvalue weighted by Crippen LogP contribution is -2.46. The molecule has 0 aliphatic carbocycles. The van der Waals surface area contributed by atoms with E-state index in [0.717, 1.165) is 48.5 Å². The summed E-state index contributed by atoms with van der Waals surface area (Å²) in [7, 11) is 2.11. The van der Waals surface area contributed by atoms with Crippen LogP contribution in [0.5, 0.6) is 11.5 Å². The number of para-hydroxylation sites is 1. The van der Waals surface area contributed by atoms with Crippen molar-refractivity contribution in [2.45, 2.75) is 26.3 Å². The van der Waals surface area contributed by atoms with E-state index in [-0.39, 0.29) is 18.4 Å². The van der Waals surface area contributed by atoms with Crippen molar-refractivity contribution in [3.05, 3.63) is 101 Å². The highest BCUT2D eigenvalue weighted by molar-refractivity contribution is 6.17. The second-order valence-corrected chi connectivity index (χ2v) is 11.8. The smallest absolute Gasteiger partial charge is 0.342 e. The van der Waals surface area contributed by atoms with Crippen LogP contribution in [-0.2, 0) is 11.2 Å². The summed E-state index contributed by atoms with van der Waals surface area (Å²) in [4.78, 5) is 22.4. The molecule has 9 heteroatoms. The zero-order valence-electron chi connectivity index (χ0n) is 26.3. The molecule has 1 N–H and O–H groups in total. The summed E-state index contributed by atoms with van der Waals surface area (Å²) in [5, 5.41) is 15.1. The molecule has 1 aliphatic heterocycles. The van der Waals surface area contributed by atoms with Crippen molar-refractivity contribution >= 4 is 38.7 Å². The summed E-state index contributed by atoms with van der Waals surface area (Å²) in [6.45, 7) is 7.49. The number of piperazine rings is 1. The highest BCUT2D eigenvalue weighted by atomic mass is 16.5. The third-order valence-electron chi connectivity index (χ3n) is 8.87. The summed E-state index contributed by atoms with van der Waals surface area (Å²) in [6.07, 6.45) is 4.11. The van der Waals surface area contributed by atoms with Gasteiger partial charge in [-0.05, 0) is 68.9 Å². The average molecular weight is 620 g/mol. The fraction of sp³-hybridized carbons (Fsp3) is 0.297. The lowest BCUT2D eigenvalue weighted by molar-refractivity contribution is 0.0526. The quantitative estimate of drug-likeness (QED) is 0.174. The van der Waals surface area contributed by atoms with Gasteiger partial charge in [0.15, 0.2) is 0 Å². The Morgan fingerprint density at radius 3 is 2.54 bits per heavy atom. The molecule has 1 unspecified atom stereocenters. The summed E-state index contributed by atoms with van der Waals surface area (Å²) in [5.41, 5.74) is 3.28. The van der Waals surface area contributed by atoms with E-state index in [1.807, 2.05) is 60.7 Å². The predicted octanol–water partition coefficient (Wildman–Crippen LogP) is 6.88. The van der Waals surface area contributed by atoms with E-state index in [4.69, 9.17) is 18.3 Å². The maximum Gasteiger partial charge on any atom is 0.342 e. The summed E-state index contributed by atoms with van der Waals surface area (Å²) < 4.78 is 24.1. The Morgan fingerprint density at radius 1 is 1.00 bits per heavy atom. The molecule has 236 valence electrons. The van der Waals surface area contributed by atoms with Crippen LogP contribution in [0.3, 0.4) is 0 Å². The summed E-state index contributed by atoms with van der Waals surface area (Å²) in [5.74, 6) is 1.52. The molecule has 0 saturated carbocycles. The molecule has 0 spiro atoms. The molecule has 1 atom stereocenters. The summed E-state index contributed by atoms with van der Waals surface area (Å²) >= 11 is 0. The number of carbonyl (C=O) groups excluding carboxylic acids is 1. The third kappa shape index (κ3) is 5.46. The first-order chi connectivity index (χ1) is 22.4. The minimum Gasteiger partial charge on any atom is -0.507 e. The first kappa shape index (κ1) is 29.8. The van der Waals surface area contributed by atoms with Gasteiger partial charge < -0.3 is 28.3 Å². The van der Waals surface area contributed by atoms with Gasteiger partial charge >= 0.3 is 5.97 Å². The van der Waals surface area contributed by atoms with E-state index in [0.29, 0.717) is 57.4 Å². The number of nitrogens with zero attached hydrogens (tertiary/aromatic N) is 3. The minimum absolute atomic E-state index is 0.100. The van der Waals surface area contributed by atoms with Crippen LogP contribution in [0, 0.1) is 6.92 Å². The van der Waals surface area contributed by atoms with Crippen LogP contribution in [0.1, 0.15) is 46.0 Å². The SMILES string of the molecule is CCOC(=O)c1c(C)oc2c1c(C(c1ccncc1)N1CCN(C)CC1)c(O)c1ccc(OCCc3cc4ccccc4o3)cc12.